The van der Waals surface area contributed by atoms with Crippen LogP contribution in [0.25, 0.3) is 0 Å². The van der Waals surface area contributed by atoms with E-state index < -0.39 is 30.5 Å². The fourth-order valence-electron chi connectivity index (χ4n) is 4.29. The summed E-state index contributed by atoms with van der Waals surface area (Å²) in [6, 6.07) is 20.2. The molecule has 2 amide bonds. The van der Waals surface area contributed by atoms with Gasteiger partial charge >= 0.3 is 6.18 Å². The first-order valence-electron chi connectivity index (χ1n) is 11.4. The van der Waals surface area contributed by atoms with Crippen molar-refractivity contribution in [2.24, 2.45) is 5.92 Å². The van der Waals surface area contributed by atoms with Gasteiger partial charge in [0.2, 0.25) is 11.8 Å². The summed E-state index contributed by atoms with van der Waals surface area (Å²) in [5, 5.41) is 2.70. The molecule has 0 saturated carbocycles. The van der Waals surface area contributed by atoms with Crippen molar-refractivity contribution in [3.05, 3.63) is 90.2 Å². The van der Waals surface area contributed by atoms with Crippen molar-refractivity contribution >= 4 is 17.5 Å². The highest BCUT2D eigenvalue weighted by molar-refractivity contribution is 5.97. The van der Waals surface area contributed by atoms with Crippen LogP contribution >= 0.6 is 0 Å². The van der Waals surface area contributed by atoms with Crippen LogP contribution in [0.15, 0.2) is 78.9 Å². The van der Waals surface area contributed by atoms with Crippen molar-refractivity contribution in [3.63, 3.8) is 0 Å². The maximum Gasteiger partial charge on any atom is 0.397 e. The number of ether oxygens (including phenoxy) is 1. The second-order valence-electron chi connectivity index (χ2n) is 8.71. The minimum atomic E-state index is -4.66. The minimum Gasteiger partial charge on any atom is -0.457 e. The lowest BCUT2D eigenvalue weighted by Gasteiger charge is -2.24. The first kappa shape index (κ1) is 25.2. The Labute approximate surface area is 205 Å². The molecule has 0 bridgehead atoms. The SMILES string of the molecule is O=C(Nc1ccc(Oc2ccc(F)cc2)cc1)[C@@H]1C[C@@H](Cc2ccccc2)CN1C(=O)CC(F)(F)F. The summed E-state index contributed by atoms with van der Waals surface area (Å²) in [4.78, 5) is 26.5. The van der Waals surface area contributed by atoms with Crippen molar-refractivity contribution in [3.8, 4) is 11.5 Å². The maximum atomic E-state index is 13.0. The average molecular weight is 500 g/mol. The number of alkyl halides is 3. The lowest BCUT2D eigenvalue weighted by Crippen LogP contribution is -2.44. The highest BCUT2D eigenvalue weighted by Crippen LogP contribution is 2.31. The van der Waals surface area contributed by atoms with Crippen LogP contribution in [0.3, 0.4) is 0 Å². The summed E-state index contributed by atoms with van der Waals surface area (Å²) in [7, 11) is 0. The van der Waals surface area contributed by atoms with Crippen LogP contribution in [0.5, 0.6) is 11.5 Å². The quantitative estimate of drug-likeness (QED) is 0.407. The Morgan fingerprint density at radius 2 is 1.53 bits per heavy atom. The van der Waals surface area contributed by atoms with E-state index in [1.807, 2.05) is 30.3 Å². The van der Waals surface area contributed by atoms with Crippen LogP contribution < -0.4 is 10.1 Å². The van der Waals surface area contributed by atoms with Crippen LogP contribution in [-0.4, -0.2) is 35.5 Å². The molecule has 0 radical (unpaired) electrons. The number of carbonyl (C=O) groups is 2. The second-order valence-corrected chi connectivity index (χ2v) is 8.71. The van der Waals surface area contributed by atoms with Gasteiger partial charge in [-0.1, -0.05) is 30.3 Å². The number of halogens is 4. The number of nitrogens with zero attached hydrogens (tertiary/aromatic N) is 1. The molecule has 4 rings (SSSR count). The molecule has 1 saturated heterocycles. The summed E-state index contributed by atoms with van der Waals surface area (Å²) in [5.74, 6) is -1.31. The first-order valence-corrected chi connectivity index (χ1v) is 11.4. The van der Waals surface area contributed by atoms with Gasteiger partial charge in [-0.3, -0.25) is 9.59 Å². The van der Waals surface area contributed by atoms with E-state index in [9.17, 15) is 27.2 Å². The lowest BCUT2D eigenvalue weighted by molar-refractivity contribution is -0.163. The lowest BCUT2D eigenvalue weighted by atomic mass is 9.96. The van der Waals surface area contributed by atoms with Crippen molar-refractivity contribution in [1.82, 2.24) is 4.90 Å². The van der Waals surface area contributed by atoms with Gasteiger partial charge in [0.05, 0.1) is 0 Å². The van der Waals surface area contributed by atoms with Gasteiger partial charge in [0, 0.05) is 12.2 Å². The van der Waals surface area contributed by atoms with Crippen LogP contribution in [0.4, 0.5) is 23.2 Å². The number of hydrogen-bond acceptors (Lipinski definition) is 3. The molecular formula is C27H24F4N2O3. The molecule has 1 N–H and O–H groups in total. The Morgan fingerprint density at radius 3 is 2.14 bits per heavy atom. The average Bonchev–Trinajstić information content (AvgIpc) is 3.26. The van der Waals surface area contributed by atoms with E-state index in [-0.39, 0.29) is 24.7 Å². The van der Waals surface area contributed by atoms with Crippen molar-refractivity contribution in [1.29, 1.82) is 0 Å². The first-order chi connectivity index (χ1) is 17.2. The zero-order chi connectivity index (χ0) is 25.7. The number of anilines is 1. The zero-order valence-electron chi connectivity index (χ0n) is 19.2. The Balaban J connectivity index is 1.43. The molecule has 1 fully saturated rings. The molecule has 0 unspecified atom stereocenters. The van der Waals surface area contributed by atoms with E-state index in [2.05, 4.69) is 5.32 Å². The van der Waals surface area contributed by atoms with Crippen molar-refractivity contribution < 1.29 is 31.9 Å². The molecule has 3 aromatic rings. The van der Waals surface area contributed by atoms with Crippen molar-refractivity contribution in [2.75, 3.05) is 11.9 Å². The third-order valence-corrected chi connectivity index (χ3v) is 5.90. The summed E-state index contributed by atoms with van der Waals surface area (Å²) >= 11 is 0. The number of hydrogen-bond donors (Lipinski definition) is 1. The smallest absolute Gasteiger partial charge is 0.397 e. The molecule has 9 heteroatoms. The summed E-state index contributed by atoms with van der Waals surface area (Å²) in [5.41, 5.74) is 1.39. The largest absolute Gasteiger partial charge is 0.457 e. The highest BCUT2D eigenvalue weighted by Gasteiger charge is 2.43. The summed E-state index contributed by atoms with van der Waals surface area (Å²) < 4.78 is 57.4. The molecule has 188 valence electrons. The van der Waals surface area contributed by atoms with Gasteiger partial charge in [-0.25, -0.2) is 4.39 Å². The van der Waals surface area contributed by atoms with E-state index in [4.69, 9.17) is 4.74 Å². The van der Waals surface area contributed by atoms with E-state index in [0.29, 0.717) is 23.6 Å². The fourth-order valence-corrected chi connectivity index (χ4v) is 4.29. The van der Waals surface area contributed by atoms with Gasteiger partial charge in [-0.15, -0.1) is 0 Å². The molecule has 36 heavy (non-hydrogen) atoms. The van der Waals surface area contributed by atoms with Crippen LogP contribution in [0, 0.1) is 11.7 Å². The van der Waals surface area contributed by atoms with Crippen LogP contribution in [0.2, 0.25) is 0 Å². The Kier molecular flexibility index (Phi) is 7.57. The normalized spacial score (nSPS) is 17.6. The molecule has 0 aliphatic carbocycles. The topological polar surface area (TPSA) is 58.6 Å². The fraction of sp³-hybridized carbons (Fsp3) is 0.259. The Morgan fingerprint density at radius 1 is 0.917 bits per heavy atom. The van der Waals surface area contributed by atoms with Gasteiger partial charge in [0.1, 0.15) is 29.8 Å². The maximum absolute atomic E-state index is 13.0. The van der Waals surface area contributed by atoms with Gasteiger partial charge in [-0.05, 0) is 72.9 Å². The van der Waals surface area contributed by atoms with Gasteiger partial charge < -0.3 is 15.0 Å². The predicted octanol–water partition coefficient (Wildman–Crippen LogP) is 5.97. The van der Waals surface area contributed by atoms with E-state index in [0.717, 1.165) is 10.5 Å². The Hall–Kier alpha value is -3.88. The number of nitrogens with one attached hydrogen (secondary N) is 1. The molecule has 5 nitrogen and oxygen atoms in total. The van der Waals surface area contributed by atoms with Crippen molar-refractivity contribution in [2.45, 2.75) is 31.5 Å². The number of carbonyl (C=O) groups excluding carboxylic acids is 2. The number of rotatable bonds is 7. The molecule has 0 aromatic heterocycles. The predicted molar refractivity (Wildman–Crippen MR) is 126 cm³/mol. The zero-order valence-corrected chi connectivity index (χ0v) is 19.2. The molecule has 1 aliphatic heterocycles. The second kappa shape index (κ2) is 10.8. The van der Waals surface area contributed by atoms with Gasteiger partial charge in [0.15, 0.2) is 0 Å². The van der Waals surface area contributed by atoms with Crippen LogP contribution in [-0.2, 0) is 16.0 Å². The van der Waals surface area contributed by atoms with Gasteiger partial charge in [0.25, 0.3) is 0 Å². The molecule has 1 heterocycles. The van der Waals surface area contributed by atoms with Gasteiger partial charge in [-0.2, -0.15) is 13.2 Å². The standard InChI is InChI=1S/C27H24F4N2O3/c28-20-6-10-22(11-7-20)36-23-12-8-21(9-13-23)32-26(35)24-15-19(14-18-4-2-1-3-5-18)17-33(24)25(34)16-27(29,30)31/h1-13,19,24H,14-17H2,(H,32,35)/t19-,24+/m1/s1. The monoisotopic (exact) mass is 500 g/mol. The summed E-state index contributed by atoms with van der Waals surface area (Å²) in [6.45, 7) is 0.0757. The number of amides is 2. The summed E-state index contributed by atoms with van der Waals surface area (Å²) in [6.07, 6.45) is -5.45. The van der Waals surface area contributed by atoms with E-state index in [1.54, 1.807) is 24.3 Å². The third-order valence-electron chi connectivity index (χ3n) is 5.90. The van der Waals surface area contributed by atoms with E-state index in [1.165, 1.54) is 24.3 Å². The Bertz CT molecular complexity index is 1180. The molecule has 1 aliphatic rings. The van der Waals surface area contributed by atoms with Crippen LogP contribution in [0.1, 0.15) is 18.4 Å². The molecule has 3 aromatic carbocycles. The number of likely N-dealkylation sites (tertiary alicyclic amines) is 1. The molecule has 2 atom stereocenters. The molecular weight excluding hydrogens is 476 g/mol. The van der Waals surface area contributed by atoms with E-state index >= 15 is 0 Å². The molecule has 0 spiro atoms. The number of benzene rings is 3. The highest BCUT2D eigenvalue weighted by atomic mass is 19.4. The third kappa shape index (κ3) is 6.84. The minimum absolute atomic E-state index is 0.0757.